The number of rotatable bonds is 5. The van der Waals surface area contributed by atoms with Crippen molar-refractivity contribution in [1.82, 2.24) is 0 Å². The minimum atomic E-state index is -1.77. The summed E-state index contributed by atoms with van der Waals surface area (Å²) in [6.07, 6.45) is -9.73. The number of cyclic esters (lactones) is 1. The molecule has 3 aromatic carbocycles. The molecule has 6 atom stereocenters. The van der Waals surface area contributed by atoms with Gasteiger partial charge in [0, 0.05) is 16.3 Å². The van der Waals surface area contributed by atoms with Gasteiger partial charge in [-0.05, 0) is 23.3 Å². The number of carboxylic acid groups (broad SMARTS) is 1. The van der Waals surface area contributed by atoms with Gasteiger partial charge in [0.25, 0.3) is 0 Å². The summed E-state index contributed by atoms with van der Waals surface area (Å²) < 4.78 is 16.3. The highest BCUT2D eigenvalue weighted by Gasteiger charge is 2.45. The van der Waals surface area contributed by atoms with E-state index in [0.29, 0.717) is 11.1 Å². The minimum absolute atomic E-state index is 0.0172. The lowest BCUT2D eigenvalue weighted by Gasteiger charge is -2.39. The molecule has 0 saturated carbocycles. The second-order valence-corrected chi connectivity index (χ2v) is 8.53. The molecule has 0 aliphatic carbocycles. The molecule has 1 fully saturated rings. The number of ether oxygens (including phenoxy) is 3. The van der Waals surface area contributed by atoms with E-state index in [2.05, 4.69) is 0 Å². The van der Waals surface area contributed by atoms with Crippen LogP contribution in [0.25, 0.3) is 21.9 Å². The number of carboxylic acids is 1. The smallest absolute Gasteiger partial charge is 0.349 e. The van der Waals surface area contributed by atoms with Gasteiger partial charge >= 0.3 is 11.9 Å². The van der Waals surface area contributed by atoms with E-state index in [0.717, 1.165) is 6.07 Å². The number of phenolic OH excluding ortho intramolecular Hbond substituents is 1. The van der Waals surface area contributed by atoms with Crippen molar-refractivity contribution in [2.24, 2.45) is 0 Å². The predicted molar refractivity (Wildman–Crippen MR) is 121 cm³/mol. The van der Waals surface area contributed by atoms with E-state index in [4.69, 9.17) is 14.2 Å². The van der Waals surface area contributed by atoms with Gasteiger partial charge in [0.05, 0.1) is 12.2 Å². The normalized spacial score (nSPS) is 27.5. The number of esters is 1. The van der Waals surface area contributed by atoms with Crippen LogP contribution in [0.1, 0.15) is 22.0 Å². The van der Waals surface area contributed by atoms with Gasteiger partial charge in [-0.2, -0.15) is 0 Å². The lowest BCUT2D eigenvalue weighted by Crippen LogP contribution is -2.60. The summed E-state index contributed by atoms with van der Waals surface area (Å²) in [5.41, 5.74) is 1.16. The third-order valence-electron chi connectivity index (χ3n) is 6.36. The standard InChI is InChI=1S/C25H22O11/c26-9-15-18(28)19(29)20(30)25(34-15)36-22-14(27)8-13-16-12(24(33)35-21(13)23(31)32)7-6-11(17(16)22)10-4-2-1-3-5-10/h1-8,15,18-21,25-30H,9H2,(H,31,32)/t15-,18-,19+,20-,21+,25+/m1/s1. The first-order valence-corrected chi connectivity index (χ1v) is 11.0. The summed E-state index contributed by atoms with van der Waals surface area (Å²) in [5.74, 6) is -3.14. The van der Waals surface area contributed by atoms with Crippen LogP contribution in [0.5, 0.6) is 11.5 Å². The summed E-state index contributed by atoms with van der Waals surface area (Å²) in [5, 5.41) is 61.2. The lowest BCUT2D eigenvalue weighted by molar-refractivity contribution is -0.277. The van der Waals surface area contributed by atoms with Crippen molar-refractivity contribution in [2.45, 2.75) is 36.8 Å². The lowest BCUT2D eigenvalue weighted by atomic mass is 9.88. The first kappa shape index (κ1) is 24.0. The van der Waals surface area contributed by atoms with E-state index in [1.165, 1.54) is 6.07 Å². The topological polar surface area (TPSA) is 183 Å². The van der Waals surface area contributed by atoms with Gasteiger partial charge in [0.15, 0.2) is 11.5 Å². The summed E-state index contributed by atoms with van der Waals surface area (Å²) in [6, 6.07) is 13.0. The summed E-state index contributed by atoms with van der Waals surface area (Å²) in [6.45, 7) is -0.692. The van der Waals surface area contributed by atoms with Crippen molar-refractivity contribution >= 4 is 22.7 Å². The maximum atomic E-state index is 12.7. The number of aliphatic hydroxyl groups is 4. The maximum absolute atomic E-state index is 12.7. The Morgan fingerprint density at radius 2 is 1.64 bits per heavy atom. The fourth-order valence-electron chi connectivity index (χ4n) is 4.60. The number of aliphatic hydroxyl groups excluding tert-OH is 4. The number of hydrogen-bond donors (Lipinski definition) is 6. The zero-order valence-electron chi connectivity index (χ0n) is 18.5. The van der Waals surface area contributed by atoms with Gasteiger partial charge < -0.3 is 44.8 Å². The molecular weight excluding hydrogens is 476 g/mol. The second kappa shape index (κ2) is 9.04. The quantitative estimate of drug-likeness (QED) is 0.272. The Morgan fingerprint density at radius 3 is 2.31 bits per heavy atom. The van der Waals surface area contributed by atoms with Gasteiger partial charge in [-0.25, -0.2) is 9.59 Å². The van der Waals surface area contributed by atoms with Crippen LogP contribution in [0.3, 0.4) is 0 Å². The maximum Gasteiger partial charge on any atom is 0.349 e. The molecule has 11 heteroatoms. The molecule has 5 rings (SSSR count). The van der Waals surface area contributed by atoms with Crippen molar-refractivity contribution in [3.63, 3.8) is 0 Å². The zero-order chi connectivity index (χ0) is 25.7. The molecule has 188 valence electrons. The van der Waals surface area contributed by atoms with Crippen LogP contribution in [-0.4, -0.2) is 79.9 Å². The van der Waals surface area contributed by atoms with Crippen molar-refractivity contribution in [2.75, 3.05) is 6.61 Å². The third kappa shape index (κ3) is 3.74. The van der Waals surface area contributed by atoms with Crippen LogP contribution < -0.4 is 4.74 Å². The monoisotopic (exact) mass is 498 g/mol. The van der Waals surface area contributed by atoms with Gasteiger partial charge in [0.1, 0.15) is 24.4 Å². The Balaban J connectivity index is 1.76. The molecule has 3 aromatic rings. The Bertz CT molecular complexity index is 1340. The molecule has 2 aliphatic rings. The van der Waals surface area contributed by atoms with E-state index in [-0.39, 0.29) is 27.6 Å². The first-order chi connectivity index (χ1) is 17.2. The zero-order valence-corrected chi connectivity index (χ0v) is 18.5. The Morgan fingerprint density at radius 1 is 0.944 bits per heavy atom. The van der Waals surface area contributed by atoms with Gasteiger partial charge in [-0.15, -0.1) is 0 Å². The molecule has 0 unspecified atom stereocenters. The molecule has 0 bridgehead atoms. The summed E-state index contributed by atoms with van der Waals surface area (Å²) >= 11 is 0. The molecular formula is C25H22O11. The van der Waals surface area contributed by atoms with E-state index < -0.39 is 61.1 Å². The van der Waals surface area contributed by atoms with Crippen LogP contribution in [0, 0.1) is 0 Å². The van der Waals surface area contributed by atoms with Gasteiger partial charge in [-0.1, -0.05) is 36.4 Å². The first-order valence-electron chi connectivity index (χ1n) is 11.0. The Labute approximate surface area is 203 Å². The van der Waals surface area contributed by atoms with Crippen molar-refractivity contribution in [3.05, 3.63) is 59.7 Å². The number of aromatic hydroxyl groups is 1. The summed E-state index contributed by atoms with van der Waals surface area (Å²) in [4.78, 5) is 24.6. The predicted octanol–water partition coefficient (Wildman–Crippen LogP) is 0.687. The van der Waals surface area contributed by atoms with Crippen molar-refractivity contribution in [1.29, 1.82) is 0 Å². The SMILES string of the molecule is O=C1O[C@H](C(=O)O)c2cc(O)c(O[C@@H]3O[C@H](CO)[C@@H](O)[C@H](O)[C@H]3O)c3c(-c4ccccc4)ccc1c23. The van der Waals surface area contributed by atoms with Crippen LogP contribution in [0.2, 0.25) is 0 Å². The number of aliphatic carboxylic acids is 1. The second-order valence-electron chi connectivity index (χ2n) is 8.53. The highest BCUT2D eigenvalue weighted by molar-refractivity contribution is 6.16. The molecule has 0 aromatic heterocycles. The highest BCUT2D eigenvalue weighted by atomic mass is 16.7. The Kier molecular flexibility index (Phi) is 6.02. The number of carbonyl (C=O) groups excluding carboxylic acids is 1. The number of hydrogen-bond acceptors (Lipinski definition) is 10. The van der Waals surface area contributed by atoms with Crippen LogP contribution in [-0.2, 0) is 14.3 Å². The van der Waals surface area contributed by atoms with Gasteiger partial charge in [-0.3, -0.25) is 0 Å². The largest absolute Gasteiger partial charge is 0.504 e. The van der Waals surface area contributed by atoms with Crippen molar-refractivity contribution in [3.8, 4) is 22.6 Å². The number of benzene rings is 3. The van der Waals surface area contributed by atoms with E-state index in [1.807, 2.05) is 0 Å². The molecule has 0 amide bonds. The number of carbonyl (C=O) groups is 2. The molecule has 0 spiro atoms. The fraction of sp³-hybridized carbons (Fsp3) is 0.280. The van der Waals surface area contributed by atoms with Crippen LogP contribution >= 0.6 is 0 Å². The molecule has 36 heavy (non-hydrogen) atoms. The molecule has 1 saturated heterocycles. The van der Waals surface area contributed by atoms with E-state index >= 15 is 0 Å². The highest BCUT2D eigenvalue weighted by Crippen LogP contribution is 2.48. The average molecular weight is 498 g/mol. The summed E-state index contributed by atoms with van der Waals surface area (Å²) in [7, 11) is 0. The molecule has 0 radical (unpaired) electrons. The van der Waals surface area contributed by atoms with Crippen LogP contribution in [0.15, 0.2) is 48.5 Å². The molecule has 2 aliphatic heterocycles. The van der Waals surface area contributed by atoms with E-state index in [1.54, 1.807) is 36.4 Å². The van der Waals surface area contributed by atoms with E-state index in [9.17, 15) is 40.2 Å². The third-order valence-corrected chi connectivity index (χ3v) is 6.36. The molecule has 2 heterocycles. The van der Waals surface area contributed by atoms with Crippen LogP contribution in [0.4, 0.5) is 0 Å². The molecule has 6 N–H and O–H groups in total. The molecule has 11 nitrogen and oxygen atoms in total. The fourth-order valence-corrected chi connectivity index (χ4v) is 4.60. The average Bonchev–Trinajstić information content (AvgIpc) is 2.88. The minimum Gasteiger partial charge on any atom is -0.504 e. The van der Waals surface area contributed by atoms with Crippen molar-refractivity contribution < 1.29 is 54.4 Å². The van der Waals surface area contributed by atoms with Gasteiger partial charge in [0.2, 0.25) is 12.4 Å². The number of phenols is 1. The Hall–Kier alpha value is -3.74.